The van der Waals surface area contributed by atoms with Crippen molar-refractivity contribution in [1.29, 1.82) is 0 Å². The lowest BCUT2D eigenvalue weighted by molar-refractivity contribution is -0.118. The van der Waals surface area contributed by atoms with Gasteiger partial charge < -0.3 is 11.1 Å². The summed E-state index contributed by atoms with van der Waals surface area (Å²) in [6, 6.07) is 0.848. The second-order valence-corrected chi connectivity index (χ2v) is 6.05. The van der Waals surface area contributed by atoms with Crippen LogP contribution in [0.3, 0.4) is 0 Å². The highest BCUT2D eigenvalue weighted by atomic mass is 16.1. The first-order chi connectivity index (χ1) is 8.15. The average Bonchev–Trinajstić information content (AvgIpc) is 2.27. The minimum absolute atomic E-state index is 0.198. The number of nitrogens with two attached hydrogens (primary N) is 1. The van der Waals surface area contributed by atoms with Crippen LogP contribution in [0, 0.1) is 11.8 Å². The van der Waals surface area contributed by atoms with E-state index in [9.17, 15) is 4.79 Å². The number of carbonyl (C=O) groups excluding carboxylic acids is 1. The standard InChI is InChI=1S/C14H26N2O/c1-10(8-14(15)17)16-13-7-6-11-4-2-3-5-12(11)9-13/h10-13,16H,2-9H2,1H3,(H2,15,17). The van der Waals surface area contributed by atoms with Gasteiger partial charge in [-0.25, -0.2) is 0 Å². The minimum atomic E-state index is -0.198. The summed E-state index contributed by atoms with van der Waals surface area (Å²) in [5, 5.41) is 3.58. The summed E-state index contributed by atoms with van der Waals surface area (Å²) in [7, 11) is 0. The van der Waals surface area contributed by atoms with Crippen LogP contribution in [0.15, 0.2) is 0 Å². The molecule has 1 amide bonds. The van der Waals surface area contributed by atoms with E-state index in [4.69, 9.17) is 5.73 Å². The van der Waals surface area contributed by atoms with Gasteiger partial charge in [-0.2, -0.15) is 0 Å². The maximum absolute atomic E-state index is 10.9. The molecular formula is C14H26N2O. The van der Waals surface area contributed by atoms with E-state index in [2.05, 4.69) is 12.2 Å². The third-order valence-electron chi connectivity index (χ3n) is 4.57. The molecule has 0 aromatic heterocycles. The zero-order chi connectivity index (χ0) is 12.3. The van der Waals surface area contributed by atoms with Crippen molar-refractivity contribution in [2.24, 2.45) is 17.6 Å². The third-order valence-corrected chi connectivity index (χ3v) is 4.57. The molecule has 0 radical (unpaired) electrons. The quantitative estimate of drug-likeness (QED) is 0.789. The smallest absolute Gasteiger partial charge is 0.218 e. The topological polar surface area (TPSA) is 55.1 Å². The Kier molecular flexibility index (Phi) is 4.43. The molecule has 0 heterocycles. The van der Waals surface area contributed by atoms with Gasteiger partial charge in [0.25, 0.3) is 0 Å². The molecule has 0 aliphatic heterocycles. The van der Waals surface area contributed by atoms with Crippen molar-refractivity contribution < 1.29 is 4.79 Å². The summed E-state index contributed by atoms with van der Waals surface area (Å²) in [6.45, 7) is 2.07. The van der Waals surface area contributed by atoms with Crippen LogP contribution in [0.1, 0.15) is 58.3 Å². The molecular weight excluding hydrogens is 212 g/mol. The zero-order valence-corrected chi connectivity index (χ0v) is 11.0. The van der Waals surface area contributed by atoms with Crippen molar-refractivity contribution >= 4 is 5.91 Å². The highest BCUT2D eigenvalue weighted by Gasteiger charge is 2.32. The summed E-state index contributed by atoms with van der Waals surface area (Å²) in [5.74, 6) is 1.74. The number of hydrogen-bond acceptors (Lipinski definition) is 2. The Morgan fingerprint density at radius 1 is 1.24 bits per heavy atom. The maximum atomic E-state index is 10.9. The molecule has 0 spiro atoms. The first-order valence-electron chi connectivity index (χ1n) is 7.19. The van der Waals surface area contributed by atoms with Gasteiger partial charge in [0.05, 0.1) is 0 Å². The van der Waals surface area contributed by atoms with Crippen molar-refractivity contribution in [3.05, 3.63) is 0 Å². The molecule has 98 valence electrons. The molecule has 0 saturated heterocycles. The Balaban J connectivity index is 1.77. The molecule has 3 heteroatoms. The van der Waals surface area contributed by atoms with Gasteiger partial charge in [-0.1, -0.05) is 25.7 Å². The van der Waals surface area contributed by atoms with Gasteiger partial charge in [0.1, 0.15) is 0 Å². The fourth-order valence-electron chi connectivity index (χ4n) is 3.79. The van der Waals surface area contributed by atoms with Crippen molar-refractivity contribution in [3.8, 4) is 0 Å². The maximum Gasteiger partial charge on any atom is 0.218 e. The molecule has 2 aliphatic carbocycles. The molecule has 2 fully saturated rings. The Hall–Kier alpha value is -0.570. The third kappa shape index (κ3) is 3.70. The lowest BCUT2D eigenvalue weighted by Crippen LogP contribution is -2.43. The molecule has 3 N–H and O–H groups in total. The van der Waals surface area contributed by atoms with Crippen LogP contribution in [0.25, 0.3) is 0 Å². The largest absolute Gasteiger partial charge is 0.370 e. The van der Waals surface area contributed by atoms with E-state index in [1.54, 1.807) is 0 Å². The molecule has 4 unspecified atom stereocenters. The Bertz CT molecular complexity index is 267. The monoisotopic (exact) mass is 238 g/mol. The van der Waals surface area contributed by atoms with Gasteiger partial charge in [-0.3, -0.25) is 4.79 Å². The predicted molar refractivity (Wildman–Crippen MR) is 69.5 cm³/mol. The van der Waals surface area contributed by atoms with Crippen LogP contribution in [-0.2, 0) is 4.79 Å². The van der Waals surface area contributed by atoms with Crippen molar-refractivity contribution in [2.45, 2.75) is 70.4 Å². The normalized spacial score (nSPS) is 35.0. The van der Waals surface area contributed by atoms with Crippen LogP contribution in [0.5, 0.6) is 0 Å². The molecule has 2 rings (SSSR count). The predicted octanol–water partition coefficient (Wildman–Crippen LogP) is 2.20. The summed E-state index contributed by atoms with van der Waals surface area (Å²) >= 11 is 0. The van der Waals surface area contributed by atoms with Crippen molar-refractivity contribution in [2.75, 3.05) is 0 Å². The second kappa shape index (κ2) is 5.85. The fraction of sp³-hybridized carbons (Fsp3) is 0.929. The average molecular weight is 238 g/mol. The van der Waals surface area contributed by atoms with Crippen LogP contribution in [0.4, 0.5) is 0 Å². The summed E-state index contributed by atoms with van der Waals surface area (Å²) < 4.78 is 0. The first-order valence-corrected chi connectivity index (χ1v) is 7.19. The van der Waals surface area contributed by atoms with Crippen LogP contribution in [0.2, 0.25) is 0 Å². The molecule has 4 atom stereocenters. The molecule has 0 aromatic rings. The Morgan fingerprint density at radius 3 is 2.65 bits per heavy atom. The molecule has 2 saturated carbocycles. The first kappa shape index (κ1) is 12.9. The Morgan fingerprint density at radius 2 is 1.94 bits per heavy atom. The highest BCUT2D eigenvalue weighted by Crippen LogP contribution is 2.40. The summed E-state index contributed by atoms with van der Waals surface area (Å²) in [6.07, 6.45) is 10.2. The number of nitrogens with one attached hydrogen (secondary N) is 1. The lowest BCUT2D eigenvalue weighted by Gasteiger charge is -2.40. The summed E-state index contributed by atoms with van der Waals surface area (Å²) in [5.41, 5.74) is 5.23. The van der Waals surface area contributed by atoms with Crippen LogP contribution < -0.4 is 11.1 Å². The van der Waals surface area contributed by atoms with E-state index >= 15 is 0 Å². The lowest BCUT2D eigenvalue weighted by atomic mass is 9.69. The van der Waals surface area contributed by atoms with Crippen molar-refractivity contribution in [1.82, 2.24) is 5.32 Å². The summed E-state index contributed by atoms with van der Waals surface area (Å²) in [4.78, 5) is 10.9. The van der Waals surface area contributed by atoms with Gasteiger partial charge in [-0.05, 0) is 38.0 Å². The van der Waals surface area contributed by atoms with E-state index in [1.807, 2.05) is 0 Å². The zero-order valence-electron chi connectivity index (χ0n) is 11.0. The minimum Gasteiger partial charge on any atom is -0.370 e. The van der Waals surface area contributed by atoms with Crippen LogP contribution >= 0.6 is 0 Å². The van der Waals surface area contributed by atoms with E-state index in [1.165, 1.54) is 44.9 Å². The van der Waals surface area contributed by atoms with Gasteiger partial charge in [0.2, 0.25) is 5.91 Å². The van der Waals surface area contributed by atoms with E-state index in [-0.39, 0.29) is 11.9 Å². The van der Waals surface area contributed by atoms with Crippen molar-refractivity contribution in [3.63, 3.8) is 0 Å². The van der Waals surface area contributed by atoms with Gasteiger partial charge in [-0.15, -0.1) is 0 Å². The molecule has 17 heavy (non-hydrogen) atoms. The molecule has 3 nitrogen and oxygen atoms in total. The number of amides is 1. The van der Waals surface area contributed by atoms with E-state index in [0.29, 0.717) is 12.5 Å². The number of primary amides is 1. The second-order valence-electron chi connectivity index (χ2n) is 6.05. The fourth-order valence-corrected chi connectivity index (χ4v) is 3.79. The molecule has 0 aromatic carbocycles. The van der Waals surface area contributed by atoms with Crippen LogP contribution in [-0.4, -0.2) is 18.0 Å². The van der Waals surface area contributed by atoms with E-state index in [0.717, 1.165) is 11.8 Å². The van der Waals surface area contributed by atoms with Gasteiger partial charge in [0.15, 0.2) is 0 Å². The molecule has 2 aliphatic rings. The molecule has 0 bridgehead atoms. The highest BCUT2D eigenvalue weighted by molar-refractivity contribution is 5.74. The Labute approximate surface area is 105 Å². The number of fused-ring (bicyclic) bond motifs is 1. The van der Waals surface area contributed by atoms with Gasteiger partial charge in [0, 0.05) is 18.5 Å². The number of hydrogen-bond donors (Lipinski definition) is 2. The van der Waals surface area contributed by atoms with E-state index < -0.39 is 0 Å². The van der Waals surface area contributed by atoms with Gasteiger partial charge >= 0.3 is 0 Å². The number of carbonyl (C=O) groups is 1. The SMILES string of the molecule is CC(CC(N)=O)NC1CCC2CCCCC2C1. The number of rotatable bonds is 4.